The molecule has 0 bridgehead atoms. The standard InChI is InChI=1S/C17H19BrN2O3S2/c18-15-6-5-12(25-15)11-24-10-7-19-16(21)13-3-1-8-20(13)17(22)14-4-2-9-23-14/h2,4-6,9,13H,1,3,7-8,10-11H2,(H,19,21)/t13-/m0/s1. The second-order valence-electron chi connectivity index (χ2n) is 5.68. The van der Waals surface area contributed by atoms with Crippen LogP contribution in [-0.2, 0) is 10.5 Å². The number of carbonyl (C=O) groups excluding carboxylic acids is 2. The predicted octanol–water partition coefficient (Wildman–Crippen LogP) is 3.76. The highest BCUT2D eigenvalue weighted by Crippen LogP contribution is 2.25. The Hall–Kier alpha value is -1.25. The van der Waals surface area contributed by atoms with E-state index >= 15 is 0 Å². The van der Waals surface area contributed by atoms with Crippen LogP contribution in [0.5, 0.6) is 0 Å². The van der Waals surface area contributed by atoms with Crippen LogP contribution in [0.3, 0.4) is 0 Å². The van der Waals surface area contributed by atoms with Crippen molar-refractivity contribution in [3.05, 3.63) is 45.0 Å². The van der Waals surface area contributed by atoms with Gasteiger partial charge in [0, 0.05) is 29.5 Å². The molecule has 1 atom stereocenters. The van der Waals surface area contributed by atoms with Crippen molar-refractivity contribution >= 4 is 50.8 Å². The van der Waals surface area contributed by atoms with Crippen LogP contribution in [0.4, 0.5) is 0 Å². The Morgan fingerprint density at radius 1 is 1.40 bits per heavy atom. The molecule has 1 fully saturated rings. The number of furan rings is 1. The van der Waals surface area contributed by atoms with E-state index in [-0.39, 0.29) is 17.6 Å². The van der Waals surface area contributed by atoms with Gasteiger partial charge in [-0.15, -0.1) is 11.3 Å². The van der Waals surface area contributed by atoms with E-state index in [0.29, 0.717) is 19.5 Å². The minimum absolute atomic E-state index is 0.0723. The Labute approximate surface area is 163 Å². The van der Waals surface area contributed by atoms with Crippen molar-refractivity contribution in [3.8, 4) is 0 Å². The zero-order chi connectivity index (χ0) is 17.6. The summed E-state index contributed by atoms with van der Waals surface area (Å²) in [4.78, 5) is 27.8. The molecule has 5 nitrogen and oxygen atoms in total. The highest BCUT2D eigenvalue weighted by Gasteiger charge is 2.35. The smallest absolute Gasteiger partial charge is 0.290 e. The van der Waals surface area contributed by atoms with Crippen LogP contribution >= 0.6 is 39.0 Å². The third kappa shape index (κ3) is 4.89. The van der Waals surface area contributed by atoms with Crippen molar-refractivity contribution in [2.45, 2.75) is 24.6 Å². The molecule has 3 heterocycles. The maximum atomic E-state index is 12.4. The molecule has 1 aliphatic rings. The van der Waals surface area contributed by atoms with Gasteiger partial charge in [0.15, 0.2) is 5.76 Å². The van der Waals surface area contributed by atoms with Gasteiger partial charge in [0.1, 0.15) is 6.04 Å². The lowest BCUT2D eigenvalue weighted by Gasteiger charge is -2.23. The molecule has 2 amide bonds. The molecule has 0 unspecified atom stereocenters. The number of hydrogen-bond donors (Lipinski definition) is 1. The van der Waals surface area contributed by atoms with Gasteiger partial charge in [-0.2, -0.15) is 11.8 Å². The van der Waals surface area contributed by atoms with E-state index < -0.39 is 6.04 Å². The molecule has 134 valence electrons. The van der Waals surface area contributed by atoms with Crippen molar-refractivity contribution in [2.75, 3.05) is 18.8 Å². The molecule has 0 aliphatic carbocycles. The van der Waals surface area contributed by atoms with Crippen molar-refractivity contribution in [2.24, 2.45) is 0 Å². The SMILES string of the molecule is O=C(NCCSCc1ccc(Br)s1)[C@@H]1CCCN1C(=O)c1ccco1. The minimum atomic E-state index is -0.393. The first-order valence-corrected chi connectivity index (χ1v) is 10.9. The molecule has 0 radical (unpaired) electrons. The van der Waals surface area contributed by atoms with Crippen LogP contribution in [0.2, 0.25) is 0 Å². The third-order valence-electron chi connectivity index (χ3n) is 3.97. The van der Waals surface area contributed by atoms with Crippen LogP contribution in [0.15, 0.2) is 38.7 Å². The summed E-state index contributed by atoms with van der Waals surface area (Å²) in [5.41, 5.74) is 0. The lowest BCUT2D eigenvalue weighted by Crippen LogP contribution is -2.46. The quantitative estimate of drug-likeness (QED) is 0.662. The van der Waals surface area contributed by atoms with Gasteiger partial charge < -0.3 is 14.6 Å². The van der Waals surface area contributed by atoms with Crippen LogP contribution in [0.25, 0.3) is 0 Å². The number of carbonyl (C=O) groups is 2. The van der Waals surface area contributed by atoms with E-state index in [1.54, 1.807) is 40.1 Å². The molecule has 2 aromatic rings. The number of thiophene rings is 1. The van der Waals surface area contributed by atoms with Gasteiger partial charge in [0.05, 0.1) is 10.0 Å². The van der Waals surface area contributed by atoms with Gasteiger partial charge in [0.25, 0.3) is 5.91 Å². The van der Waals surface area contributed by atoms with E-state index in [1.165, 1.54) is 11.1 Å². The topological polar surface area (TPSA) is 62.6 Å². The molecule has 3 rings (SSSR count). The van der Waals surface area contributed by atoms with Gasteiger partial charge in [0.2, 0.25) is 5.91 Å². The Bertz CT molecular complexity index is 717. The van der Waals surface area contributed by atoms with Gasteiger partial charge in [-0.1, -0.05) is 0 Å². The largest absolute Gasteiger partial charge is 0.459 e. The Kier molecular flexibility index (Phi) is 6.61. The maximum Gasteiger partial charge on any atom is 0.290 e. The number of rotatable bonds is 7. The fourth-order valence-corrected chi connectivity index (χ4v) is 5.24. The summed E-state index contributed by atoms with van der Waals surface area (Å²) in [6.45, 7) is 1.20. The van der Waals surface area contributed by atoms with Gasteiger partial charge in [-0.05, 0) is 53.0 Å². The maximum absolute atomic E-state index is 12.4. The zero-order valence-electron chi connectivity index (χ0n) is 13.6. The second kappa shape index (κ2) is 8.91. The minimum Gasteiger partial charge on any atom is -0.459 e. The number of nitrogens with zero attached hydrogens (tertiary/aromatic N) is 1. The molecule has 1 saturated heterocycles. The first kappa shape index (κ1) is 18.5. The summed E-state index contributed by atoms with van der Waals surface area (Å²) in [6, 6.07) is 7.08. The van der Waals surface area contributed by atoms with Crippen molar-refractivity contribution < 1.29 is 14.0 Å². The molecule has 1 N–H and O–H groups in total. The van der Waals surface area contributed by atoms with Gasteiger partial charge in [-0.3, -0.25) is 9.59 Å². The average molecular weight is 443 g/mol. The fraction of sp³-hybridized carbons (Fsp3) is 0.412. The third-order valence-corrected chi connectivity index (χ3v) is 6.78. The number of likely N-dealkylation sites (tertiary alicyclic amines) is 1. The van der Waals surface area contributed by atoms with Crippen LogP contribution in [0.1, 0.15) is 28.3 Å². The number of hydrogen-bond acceptors (Lipinski definition) is 5. The molecule has 2 aromatic heterocycles. The fourth-order valence-electron chi connectivity index (χ4n) is 2.79. The molecular formula is C17H19BrN2O3S2. The second-order valence-corrected chi connectivity index (χ2v) is 9.34. The summed E-state index contributed by atoms with van der Waals surface area (Å²) >= 11 is 6.98. The lowest BCUT2D eigenvalue weighted by molar-refractivity contribution is -0.124. The van der Waals surface area contributed by atoms with Crippen molar-refractivity contribution in [1.82, 2.24) is 10.2 Å². The summed E-state index contributed by atoms with van der Waals surface area (Å²) in [5.74, 6) is 1.80. The van der Waals surface area contributed by atoms with E-state index in [4.69, 9.17) is 4.42 Å². The molecular weight excluding hydrogens is 424 g/mol. The average Bonchev–Trinajstić information content (AvgIpc) is 3.35. The monoisotopic (exact) mass is 442 g/mol. The summed E-state index contributed by atoms with van der Waals surface area (Å²) < 4.78 is 6.30. The predicted molar refractivity (Wildman–Crippen MR) is 104 cm³/mol. The van der Waals surface area contributed by atoms with Crippen LogP contribution in [-0.4, -0.2) is 41.6 Å². The Morgan fingerprint density at radius 2 is 2.28 bits per heavy atom. The van der Waals surface area contributed by atoms with Crippen molar-refractivity contribution in [3.63, 3.8) is 0 Å². The molecule has 0 spiro atoms. The number of nitrogens with one attached hydrogen (secondary N) is 1. The van der Waals surface area contributed by atoms with E-state index in [1.807, 2.05) is 6.07 Å². The van der Waals surface area contributed by atoms with Crippen LogP contribution < -0.4 is 5.32 Å². The summed E-state index contributed by atoms with van der Waals surface area (Å²) in [5, 5.41) is 2.96. The Balaban J connectivity index is 1.42. The van der Waals surface area contributed by atoms with Gasteiger partial charge >= 0.3 is 0 Å². The highest BCUT2D eigenvalue weighted by molar-refractivity contribution is 9.11. The summed E-state index contributed by atoms with van der Waals surface area (Å²) in [7, 11) is 0. The first-order valence-electron chi connectivity index (χ1n) is 8.09. The zero-order valence-corrected chi connectivity index (χ0v) is 16.8. The van der Waals surface area contributed by atoms with Crippen molar-refractivity contribution in [1.29, 1.82) is 0 Å². The van der Waals surface area contributed by atoms with E-state index in [0.717, 1.165) is 21.7 Å². The van der Waals surface area contributed by atoms with E-state index in [2.05, 4.69) is 27.3 Å². The van der Waals surface area contributed by atoms with Crippen LogP contribution in [0, 0.1) is 0 Å². The molecule has 25 heavy (non-hydrogen) atoms. The highest BCUT2D eigenvalue weighted by atomic mass is 79.9. The number of thioether (sulfide) groups is 1. The summed E-state index contributed by atoms with van der Waals surface area (Å²) in [6.07, 6.45) is 3.02. The molecule has 0 aromatic carbocycles. The van der Waals surface area contributed by atoms with Gasteiger partial charge in [-0.25, -0.2) is 0 Å². The van der Waals surface area contributed by atoms with E-state index in [9.17, 15) is 9.59 Å². The molecule has 0 saturated carbocycles. The normalized spacial score (nSPS) is 17.0. The first-order chi connectivity index (χ1) is 12.1. The lowest BCUT2D eigenvalue weighted by atomic mass is 10.2. The number of amides is 2. The number of halogens is 1. The Morgan fingerprint density at radius 3 is 3.00 bits per heavy atom. The molecule has 8 heteroatoms. The molecule has 1 aliphatic heterocycles.